The van der Waals surface area contributed by atoms with E-state index < -0.39 is 22.8 Å². The average molecular weight is 563 g/mol. The molecule has 1 aromatic carbocycles. The first kappa shape index (κ1) is 28.1. The molecule has 0 bridgehead atoms. The molecule has 1 aromatic heterocycles. The van der Waals surface area contributed by atoms with E-state index in [-0.39, 0.29) is 23.3 Å². The molecule has 0 unspecified atom stereocenters. The van der Waals surface area contributed by atoms with E-state index in [0.717, 1.165) is 14.6 Å². The molecule has 0 aliphatic rings. The van der Waals surface area contributed by atoms with E-state index >= 15 is 0 Å². The minimum absolute atomic E-state index is 0.000509. The summed E-state index contributed by atoms with van der Waals surface area (Å²) in [6, 6.07) is 4.68. The van der Waals surface area contributed by atoms with E-state index in [1.165, 1.54) is 31.7 Å². The van der Waals surface area contributed by atoms with Crippen LogP contribution >= 0.6 is 22.6 Å². The second-order valence-corrected chi connectivity index (χ2v) is 9.43. The van der Waals surface area contributed by atoms with Crippen LogP contribution in [0, 0.1) is 9.39 Å². The highest BCUT2D eigenvalue weighted by Gasteiger charge is 2.20. The van der Waals surface area contributed by atoms with Crippen molar-refractivity contribution in [1.29, 1.82) is 0 Å². The smallest absolute Gasteiger partial charge is 0.330 e. The Balaban J connectivity index is 0.000000433. The van der Waals surface area contributed by atoms with E-state index in [1.807, 2.05) is 43.4 Å². The molecule has 0 fully saturated rings. The Kier molecular flexibility index (Phi) is 10.9. The molecular formula is C22H31FIN3O5. The summed E-state index contributed by atoms with van der Waals surface area (Å²) in [7, 11) is 2.78. The van der Waals surface area contributed by atoms with E-state index in [9.17, 15) is 18.8 Å². The SMILES string of the molecule is CC(=O)c1c(Cc2ccc(I)cc2F)n(C)c(=O)n(C)c1=O.CC(C)(C)OCCCON. The fourth-order valence-electron chi connectivity index (χ4n) is 2.81. The lowest BCUT2D eigenvalue weighted by Gasteiger charge is -2.18. The number of ketones is 1. The van der Waals surface area contributed by atoms with Crippen molar-refractivity contribution in [2.24, 2.45) is 20.0 Å². The Morgan fingerprint density at radius 3 is 2.28 bits per heavy atom. The van der Waals surface area contributed by atoms with Gasteiger partial charge in [-0.1, -0.05) is 6.07 Å². The molecule has 0 saturated heterocycles. The molecule has 0 aliphatic heterocycles. The normalized spacial score (nSPS) is 11.2. The number of halogens is 2. The molecule has 0 radical (unpaired) electrons. The van der Waals surface area contributed by atoms with E-state index in [2.05, 4.69) is 4.84 Å². The Morgan fingerprint density at radius 1 is 1.16 bits per heavy atom. The van der Waals surface area contributed by atoms with Crippen molar-refractivity contribution in [2.45, 2.75) is 46.1 Å². The second-order valence-electron chi connectivity index (χ2n) is 8.18. The Morgan fingerprint density at radius 2 is 1.78 bits per heavy atom. The zero-order valence-electron chi connectivity index (χ0n) is 19.3. The molecule has 8 nitrogen and oxygen atoms in total. The molecule has 10 heteroatoms. The van der Waals surface area contributed by atoms with Crippen LogP contribution in [0.5, 0.6) is 0 Å². The number of nitrogens with two attached hydrogens (primary N) is 1. The summed E-state index contributed by atoms with van der Waals surface area (Å²) < 4.78 is 22.3. The van der Waals surface area contributed by atoms with Gasteiger partial charge < -0.3 is 9.57 Å². The van der Waals surface area contributed by atoms with Crippen LogP contribution < -0.4 is 17.1 Å². The minimum Gasteiger partial charge on any atom is -0.376 e. The minimum atomic E-state index is -0.656. The summed E-state index contributed by atoms with van der Waals surface area (Å²) in [5.41, 5.74) is -0.781. The summed E-state index contributed by atoms with van der Waals surface area (Å²) in [6.45, 7) is 8.61. The molecule has 2 rings (SSSR count). The molecule has 178 valence electrons. The van der Waals surface area contributed by atoms with Gasteiger partial charge in [0.15, 0.2) is 5.78 Å². The molecule has 0 aliphatic carbocycles. The van der Waals surface area contributed by atoms with Gasteiger partial charge in [0.05, 0.1) is 12.2 Å². The van der Waals surface area contributed by atoms with Crippen LogP contribution in [-0.4, -0.2) is 33.7 Å². The molecule has 2 N–H and O–H groups in total. The maximum Gasteiger partial charge on any atom is 0.330 e. The molecule has 0 amide bonds. The quantitative estimate of drug-likeness (QED) is 0.241. The first-order valence-corrected chi connectivity index (χ1v) is 11.1. The van der Waals surface area contributed by atoms with Gasteiger partial charge in [-0.2, -0.15) is 0 Å². The van der Waals surface area contributed by atoms with Crippen molar-refractivity contribution in [3.8, 4) is 0 Å². The standard InChI is InChI=1S/C15H14FIN2O3.C7H17NO2/c1-8(20)13-12(18(2)15(22)19(3)14(13)21)6-9-4-5-10(17)7-11(9)16;1-7(2,3)9-5-4-6-10-8/h4-5,7H,6H2,1-3H3;4-6,8H2,1-3H3. The number of Topliss-reactive ketones (excluding diaryl/α,β-unsaturated/α-hetero) is 1. The van der Waals surface area contributed by atoms with Crippen LogP contribution in [0.3, 0.4) is 0 Å². The number of benzene rings is 1. The highest BCUT2D eigenvalue weighted by atomic mass is 127. The van der Waals surface area contributed by atoms with Gasteiger partial charge in [-0.15, -0.1) is 0 Å². The lowest BCUT2D eigenvalue weighted by molar-refractivity contribution is -0.0140. The number of nitrogens with zero attached hydrogens (tertiary/aromatic N) is 2. The molecule has 0 spiro atoms. The second kappa shape index (κ2) is 12.4. The summed E-state index contributed by atoms with van der Waals surface area (Å²) in [5.74, 6) is 3.94. The van der Waals surface area contributed by atoms with E-state index in [0.29, 0.717) is 18.8 Å². The van der Waals surface area contributed by atoms with Crippen molar-refractivity contribution in [3.05, 3.63) is 65.2 Å². The fourth-order valence-corrected chi connectivity index (χ4v) is 3.27. The first-order valence-electron chi connectivity index (χ1n) is 9.99. The lowest BCUT2D eigenvalue weighted by atomic mass is 10.0. The third-order valence-electron chi connectivity index (χ3n) is 4.45. The van der Waals surface area contributed by atoms with Crippen molar-refractivity contribution < 1.29 is 18.8 Å². The van der Waals surface area contributed by atoms with Crippen molar-refractivity contribution >= 4 is 28.4 Å². The maximum atomic E-state index is 14.0. The Bertz CT molecular complexity index is 1060. The van der Waals surface area contributed by atoms with Crippen molar-refractivity contribution in [3.63, 3.8) is 0 Å². The van der Waals surface area contributed by atoms with Gasteiger partial charge in [-0.3, -0.25) is 18.7 Å². The first-order chi connectivity index (χ1) is 14.8. The predicted octanol–water partition coefficient (Wildman–Crippen LogP) is 2.70. The predicted molar refractivity (Wildman–Crippen MR) is 129 cm³/mol. The van der Waals surface area contributed by atoms with Crippen LogP contribution in [0.4, 0.5) is 4.39 Å². The van der Waals surface area contributed by atoms with Gasteiger partial charge in [-0.05, 0) is 74.4 Å². The molecule has 0 saturated carbocycles. The number of carbonyl (C=O) groups excluding carboxylic acids is 1. The average Bonchev–Trinajstić information content (AvgIpc) is 2.69. The number of hydrogen-bond acceptors (Lipinski definition) is 6. The fraction of sp³-hybridized carbons (Fsp3) is 0.500. The summed E-state index contributed by atoms with van der Waals surface area (Å²) in [6.07, 6.45) is 0.854. The summed E-state index contributed by atoms with van der Waals surface area (Å²) >= 11 is 1.99. The van der Waals surface area contributed by atoms with Gasteiger partial charge in [0, 0.05) is 36.4 Å². The van der Waals surface area contributed by atoms with Crippen LogP contribution in [0.15, 0.2) is 27.8 Å². The van der Waals surface area contributed by atoms with Gasteiger partial charge in [0.2, 0.25) is 0 Å². The van der Waals surface area contributed by atoms with Crippen LogP contribution in [0.2, 0.25) is 0 Å². The van der Waals surface area contributed by atoms with Crippen LogP contribution in [-0.2, 0) is 30.1 Å². The number of aromatic nitrogens is 2. The Labute approximate surface area is 200 Å². The number of rotatable bonds is 7. The highest BCUT2D eigenvalue weighted by molar-refractivity contribution is 14.1. The maximum absolute atomic E-state index is 14.0. The van der Waals surface area contributed by atoms with Gasteiger partial charge >= 0.3 is 5.69 Å². The van der Waals surface area contributed by atoms with Crippen LogP contribution in [0.1, 0.15) is 55.7 Å². The monoisotopic (exact) mass is 563 g/mol. The lowest BCUT2D eigenvalue weighted by Crippen LogP contribution is -2.42. The topological polar surface area (TPSA) is 106 Å². The van der Waals surface area contributed by atoms with Gasteiger partial charge in [-0.25, -0.2) is 15.1 Å². The number of hydrogen-bond donors (Lipinski definition) is 1. The highest BCUT2D eigenvalue weighted by Crippen LogP contribution is 2.17. The zero-order valence-corrected chi connectivity index (χ0v) is 21.5. The third-order valence-corrected chi connectivity index (χ3v) is 5.12. The van der Waals surface area contributed by atoms with Crippen molar-refractivity contribution in [2.75, 3.05) is 13.2 Å². The molecule has 1 heterocycles. The summed E-state index contributed by atoms with van der Waals surface area (Å²) in [5, 5.41) is 0. The molecule has 0 atom stereocenters. The molecular weight excluding hydrogens is 532 g/mol. The van der Waals surface area contributed by atoms with Gasteiger partial charge in [0.1, 0.15) is 11.4 Å². The third kappa shape index (κ3) is 8.23. The van der Waals surface area contributed by atoms with Crippen LogP contribution in [0.25, 0.3) is 0 Å². The molecule has 32 heavy (non-hydrogen) atoms. The van der Waals surface area contributed by atoms with E-state index in [4.69, 9.17) is 10.6 Å². The van der Waals surface area contributed by atoms with E-state index in [1.54, 1.807) is 12.1 Å². The number of carbonyl (C=O) groups is 1. The molecule has 2 aromatic rings. The zero-order chi connectivity index (χ0) is 24.6. The largest absolute Gasteiger partial charge is 0.376 e. The summed E-state index contributed by atoms with van der Waals surface area (Å²) in [4.78, 5) is 40.4. The Hall–Kier alpha value is -1.89. The number of ether oxygens (including phenoxy) is 1. The van der Waals surface area contributed by atoms with Gasteiger partial charge in [0.25, 0.3) is 5.56 Å². The van der Waals surface area contributed by atoms with Crippen molar-refractivity contribution in [1.82, 2.24) is 9.13 Å².